The van der Waals surface area contributed by atoms with Crippen LogP contribution in [0.5, 0.6) is 0 Å². The number of alkyl halides is 1. The maximum Gasteiger partial charge on any atom is 1.00 e. The molecule has 2 aliphatic heterocycles. The van der Waals surface area contributed by atoms with Gasteiger partial charge in [-0.2, -0.15) is 0 Å². The summed E-state index contributed by atoms with van der Waals surface area (Å²) in [4.78, 5) is 30.2. The molecule has 0 aromatic rings. The molecule has 8 nitrogen and oxygen atoms in total. The van der Waals surface area contributed by atoms with Crippen molar-refractivity contribution in [3.63, 3.8) is 0 Å². The van der Waals surface area contributed by atoms with Gasteiger partial charge < -0.3 is 43.8 Å². The molecule has 2 aliphatic rings. The van der Waals surface area contributed by atoms with Crippen LogP contribution in [0.2, 0.25) is 0 Å². The van der Waals surface area contributed by atoms with Crippen LogP contribution in [0.1, 0.15) is 49.0 Å². The molecule has 0 radical (unpaired) electrons. The van der Waals surface area contributed by atoms with Gasteiger partial charge in [0.05, 0.1) is 24.8 Å². The fraction of sp³-hybridized carbons (Fsp3) is 0.684. The molecule has 0 aromatic carbocycles. The number of aliphatic imine (C=N–C) groups is 2. The van der Waals surface area contributed by atoms with E-state index in [0.29, 0.717) is 35.1 Å². The van der Waals surface area contributed by atoms with Crippen LogP contribution in [0.3, 0.4) is 0 Å². The number of carbonyl (C=O) groups is 2. The first kappa shape index (κ1) is 38.1. The van der Waals surface area contributed by atoms with Gasteiger partial charge in [-0.05, 0) is 53.8 Å². The molecule has 0 bridgehead atoms. The Hall–Kier alpha value is 0.556. The second-order valence-electron chi connectivity index (χ2n) is 6.70. The molecular formula is C19H30ClKN2O6S4. The molecule has 0 fully saturated rings. The Morgan fingerprint density at radius 3 is 1.67 bits per heavy atom. The Morgan fingerprint density at radius 1 is 1.00 bits per heavy atom. The average molecular weight is 585 g/mol. The Morgan fingerprint density at radius 2 is 1.42 bits per heavy atom. The molecule has 0 atom stereocenters. The maximum atomic E-state index is 11.3. The van der Waals surface area contributed by atoms with Crippen LogP contribution in [-0.2, 0) is 41.2 Å². The van der Waals surface area contributed by atoms with Crippen molar-refractivity contribution in [3.05, 3.63) is 0 Å². The number of carbonyl (C=O) groups excluding carboxylic acids is 2. The van der Waals surface area contributed by atoms with Crippen LogP contribution in [0.4, 0.5) is 0 Å². The SMILES string of the molecule is C.CC1(C)N=C(CCl)OC1=O.CCOC(=S)SCC1=NC(C)(C)C(=O)O1.CCOC(=S)[S-].[K+]. The van der Waals surface area contributed by atoms with Gasteiger partial charge in [-0.1, -0.05) is 19.2 Å². The van der Waals surface area contributed by atoms with Gasteiger partial charge in [-0.25, -0.2) is 19.6 Å². The summed E-state index contributed by atoms with van der Waals surface area (Å²) in [7, 11) is 0. The van der Waals surface area contributed by atoms with Crippen molar-refractivity contribution >= 4 is 92.9 Å². The van der Waals surface area contributed by atoms with E-state index in [1.165, 1.54) is 11.8 Å². The molecule has 0 spiro atoms. The van der Waals surface area contributed by atoms with E-state index in [1.54, 1.807) is 27.7 Å². The zero-order valence-electron chi connectivity index (χ0n) is 19.2. The molecule has 0 aliphatic carbocycles. The van der Waals surface area contributed by atoms with Crippen molar-refractivity contribution in [2.24, 2.45) is 9.98 Å². The molecule has 0 aromatic heterocycles. The molecule has 0 saturated heterocycles. The Labute approximate surface area is 264 Å². The van der Waals surface area contributed by atoms with Gasteiger partial charge in [-0.3, -0.25) is 0 Å². The molecule has 2 rings (SSSR count). The number of hydrogen-bond donors (Lipinski definition) is 0. The predicted octanol–water partition coefficient (Wildman–Crippen LogP) is 1.23. The first-order valence-electron chi connectivity index (χ1n) is 9.10. The molecule has 184 valence electrons. The van der Waals surface area contributed by atoms with Crippen LogP contribution < -0.4 is 51.4 Å². The van der Waals surface area contributed by atoms with Crippen molar-refractivity contribution in [1.82, 2.24) is 0 Å². The normalized spacial score (nSPS) is 16.5. The minimum Gasteiger partial charge on any atom is -0.514 e. The smallest absolute Gasteiger partial charge is 0.514 e. The standard InChI is InChI=1S/C9H13NO3S2.C6H8ClNO2.C3H6OS2.CH4.K/c1-4-12-8(14)15-5-6-10-9(2,3)7(11)13-6;1-6(2)5(9)10-4(3-7)8-6;1-2-4-3(5)6;;/h4-5H2,1-3H3;3H2,1-2H3;2H2,1H3,(H,5,6);1H4;/q;;;;+1/p-1. The second-order valence-corrected chi connectivity index (χ2v) is 9.54. The van der Waals surface area contributed by atoms with E-state index in [-0.39, 0.29) is 81.0 Å². The number of hydrogen-bond acceptors (Lipinski definition) is 12. The zero-order chi connectivity index (χ0) is 24.2. The number of esters is 2. The van der Waals surface area contributed by atoms with E-state index in [4.69, 9.17) is 38.0 Å². The molecule has 14 heteroatoms. The first-order chi connectivity index (χ1) is 14.3. The van der Waals surface area contributed by atoms with Crippen molar-refractivity contribution in [2.45, 2.75) is 60.0 Å². The molecule has 0 unspecified atom stereocenters. The van der Waals surface area contributed by atoms with E-state index in [1.807, 2.05) is 13.8 Å². The minimum absolute atomic E-state index is 0. The van der Waals surface area contributed by atoms with E-state index >= 15 is 0 Å². The van der Waals surface area contributed by atoms with E-state index in [9.17, 15) is 9.59 Å². The summed E-state index contributed by atoms with van der Waals surface area (Å²) in [5.74, 6) is 0.681. The van der Waals surface area contributed by atoms with Crippen LogP contribution in [-0.4, -0.2) is 68.4 Å². The van der Waals surface area contributed by atoms with E-state index in [0.717, 1.165) is 0 Å². The summed E-state index contributed by atoms with van der Waals surface area (Å²) in [6, 6.07) is 0. The number of thioether (sulfide) groups is 1. The zero-order valence-corrected chi connectivity index (χ0v) is 26.3. The summed E-state index contributed by atoms with van der Waals surface area (Å²) < 4.78 is 20.0. The molecular weight excluding hydrogens is 555 g/mol. The van der Waals surface area contributed by atoms with Gasteiger partial charge in [0.2, 0.25) is 16.2 Å². The summed E-state index contributed by atoms with van der Waals surface area (Å²) in [6.07, 6.45) is 0. The van der Waals surface area contributed by atoms with E-state index < -0.39 is 11.1 Å². The number of ether oxygens (including phenoxy) is 4. The summed E-state index contributed by atoms with van der Waals surface area (Å²) in [6.45, 7) is 11.7. The second kappa shape index (κ2) is 18.8. The third-order valence-electron chi connectivity index (χ3n) is 3.18. The predicted molar refractivity (Wildman–Crippen MR) is 141 cm³/mol. The fourth-order valence-corrected chi connectivity index (χ4v) is 2.95. The van der Waals surface area contributed by atoms with Crippen LogP contribution in [0, 0.1) is 0 Å². The van der Waals surface area contributed by atoms with E-state index in [2.05, 4.69) is 39.6 Å². The molecule has 0 N–H and O–H groups in total. The van der Waals surface area contributed by atoms with Gasteiger partial charge in [0.25, 0.3) is 0 Å². The fourth-order valence-electron chi connectivity index (χ4n) is 1.74. The minimum atomic E-state index is -0.761. The molecule has 0 amide bonds. The molecule has 33 heavy (non-hydrogen) atoms. The van der Waals surface area contributed by atoms with Crippen molar-refractivity contribution in [2.75, 3.05) is 24.8 Å². The maximum absolute atomic E-state index is 11.3. The third-order valence-corrected chi connectivity index (χ3v) is 4.86. The topological polar surface area (TPSA) is 95.8 Å². The van der Waals surface area contributed by atoms with Gasteiger partial charge in [-0.15, -0.1) is 11.6 Å². The number of nitrogens with zero attached hydrogens (tertiary/aromatic N) is 2. The Bertz CT molecular complexity index is 748. The number of thiocarbonyl (C=S) groups is 2. The monoisotopic (exact) mass is 584 g/mol. The molecule has 0 saturated carbocycles. The van der Waals surface area contributed by atoms with Gasteiger partial charge >= 0.3 is 63.3 Å². The number of rotatable bonds is 5. The van der Waals surface area contributed by atoms with Crippen LogP contribution in [0.25, 0.3) is 0 Å². The van der Waals surface area contributed by atoms with Gasteiger partial charge in [0.15, 0.2) is 11.1 Å². The van der Waals surface area contributed by atoms with Gasteiger partial charge in [0.1, 0.15) is 0 Å². The third kappa shape index (κ3) is 16.0. The summed E-state index contributed by atoms with van der Waals surface area (Å²) in [5, 5.41) is 0. The summed E-state index contributed by atoms with van der Waals surface area (Å²) in [5.41, 5.74) is -1.49. The Balaban J connectivity index is -0.000000436. The van der Waals surface area contributed by atoms with Crippen LogP contribution >= 0.6 is 47.8 Å². The van der Waals surface area contributed by atoms with Crippen molar-refractivity contribution in [1.29, 1.82) is 0 Å². The van der Waals surface area contributed by atoms with Crippen molar-refractivity contribution < 1.29 is 79.9 Å². The Kier molecular flexibility index (Phi) is 21.7. The summed E-state index contributed by atoms with van der Waals surface area (Å²) >= 11 is 20.4. The van der Waals surface area contributed by atoms with Crippen LogP contribution in [0.15, 0.2) is 9.98 Å². The first-order valence-corrected chi connectivity index (χ1v) is 11.8. The molecule has 2 heterocycles. The quantitative estimate of drug-likeness (QED) is 0.154. The average Bonchev–Trinajstić information content (AvgIpc) is 3.07. The largest absolute Gasteiger partial charge is 1.00 e. The van der Waals surface area contributed by atoms with Gasteiger partial charge in [0, 0.05) is 4.38 Å². The number of cyclic esters (lactones) is 2. The number of halogens is 1. The van der Waals surface area contributed by atoms with Crippen molar-refractivity contribution in [3.8, 4) is 0 Å².